The maximum atomic E-state index is 10.9. The zero-order valence-electron chi connectivity index (χ0n) is 10.3. The molecule has 0 saturated carbocycles. The van der Waals surface area contributed by atoms with Crippen LogP contribution in [-0.2, 0) is 4.79 Å². The molecule has 0 amide bonds. The van der Waals surface area contributed by atoms with Crippen molar-refractivity contribution in [1.29, 1.82) is 0 Å². The molecule has 1 heterocycles. The third-order valence-electron chi connectivity index (χ3n) is 2.31. The fourth-order valence-electron chi connectivity index (χ4n) is 1.60. The summed E-state index contributed by atoms with van der Waals surface area (Å²) in [6.07, 6.45) is 0.681. The molecular formula is C11H15N3O4. The van der Waals surface area contributed by atoms with Crippen LogP contribution in [-0.4, -0.2) is 34.1 Å². The highest BCUT2D eigenvalue weighted by molar-refractivity contribution is 5.74. The number of rotatable bonds is 6. The van der Waals surface area contributed by atoms with Gasteiger partial charge in [0, 0.05) is 18.3 Å². The minimum Gasteiger partial charge on any atom is -0.480 e. The molecule has 98 valence electrons. The van der Waals surface area contributed by atoms with E-state index in [0.29, 0.717) is 18.7 Å². The molecule has 0 aliphatic carbocycles. The highest BCUT2D eigenvalue weighted by Gasteiger charge is 2.22. The van der Waals surface area contributed by atoms with E-state index in [9.17, 15) is 14.9 Å². The second-order valence-electron chi connectivity index (χ2n) is 3.87. The van der Waals surface area contributed by atoms with Crippen LogP contribution >= 0.6 is 0 Å². The molecule has 1 rings (SSSR count). The first kappa shape index (κ1) is 13.9. The Labute approximate surface area is 104 Å². The number of nitrogens with zero attached hydrogens (tertiary/aromatic N) is 3. The van der Waals surface area contributed by atoms with Crippen LogP contribution in [0.25, 0.3) is 0 Å². The maximum Gasteiger partial charge on any atom is 0.323 e. The lowest BCUT2D eigenvalue weighted by atomic mass is 10.3. The number of aromatic nitrogens is 1. The molecule has 0 saturated heterocycles. The normalized spacial score (nSPS) is 10.1. The van der Waals surface area contributed by atoms with Gasteiger partial charge in [-0.05, 0) is 19.4 Å². The van der Waals surface area contributed by atoms with Gasteiger partial charge in [0.15, 0.2) is 0 Å². The summed E-state index contributed by atoms with van der Waals surface area (Å²) in [5.41, 5.74) is 0.442. The summed E-state index contributed by atoms with van der Waals surface area (Å²) in [5.74, 6) is -0.926. The molecule has 0 radical (unpaired) electrons. The van der Waals surface area contributed by atoms with Gasteiger partial charge < -0.3 is 10.0 Å². The lowest BCUT2D eigenvalue weighted by Gasteiger charge is -2.20. The second-order valence-corrected chi connectivity index (χ2v) is 3.87. The van der Waals surface area contributed by atoms with Crippen LogP contribution in [0.5, 0.6) is 0 Å². The molecule has 7 heteroatoms. The summed E-state index contributed by atoms with van der Waals surface area (Å²) in [6, 6.07) is 2.88. The van der Waals surface area contributed by atoms with Gasteiger partial charge in [-0.15, -0.1) is 0 Å². The second kappa shape index (κ2) is 5.95. The van der Waals surface area contributed by atoms with Crippen molar-refractivity contribution < 1.29 is 14.8 Å². The Morgan fingerprint density at radius 2 is 2.22 bits per heavy atom. The Morgan fingerprint density at radius 3 is 2.72 bits per heavy atom. The van der Waals surface area contributed by atoms with Crippen molar-refractivity contribution in [3.05, 3.63) is 27.9 Å². The monoisotopic (exact) mass is 253 g/mol. The molecule has 0 fully saturated rings. The summed E-state index contributed by atoms with van der Waals surface area (Å²) in [5, 5.41) is 19.8. The van der Waals surface area contributed by atoms with Gasteiger partial charge in [-0.3, -0.25) is 14.9 Å². The van der Waals surface area contributed by atoms with Gasteiger partial charge in [0.25, 0.3) is 0 Å². The van der Waals surface area contributed by atoms with E-state index >= 15 is 0 Å². The van der Waals surface area contributed by atoms with Crippen molar-refractivity contribution in [3.8, 4) is 0 Å². The maximum absolute atomic E-state index is 10.9. The van der Waals surface area contributed by atoms with Crippen LogP contribution in [0, 0.1) is 17.0 Å². The molecule has 1 aromatic heterocycles. The molecule has 1 N–H and O–H groups in total. The van der Waals surface area contributed by atoms with E-state index in [1.165, 1.54) is 17.0 Å². The largest absolute Gasteiger partial charge is 0.480 e. The number of aliphatic carboxylic acids is 1. The molecule has 1 aromatic rings. The minimum absolute atomic E-state index is 0.115. The number of carbonyl (C=O) groups is 1. The molecular weight excluding hydrogens is 238 g/mol. The highest BCUT2D eigenvalue weighted by Crippen LogP contribution is 2.26. The van der Waals surface area contributed by atoms with E-state index in [-0.39, 0.29) is 18.1 Å². The number of pyridine rings is 1. The number of anilines is 1. The quantitative estimate of drug-likeness (QED) is 0.611. The molecule has 0 atom stereocenters. The summed E-state index contributed by atoms with van der Waals surface area (Å²) in [6.45, 7) is 3.68. The van der Waals surface area contributed by atoms with Gasteiger partial charge in [-0.2, -0.15) is 0 Å². The predicted octanol–water partition coefficient (Wildman–Crippen LogP) is 1.60. The average molecular weight is 253 g/mol. The Kier molecular flexibility index (Phi) is 4.59. The topological polar surface area (TPSA) is 96.6 Å². The Hall–Kier alpha value is -2.18. The fraction of sp³-hybridized carbons (Fsp3) is 0.455. The Balaban J connectivity index is 3.19. The lowest BCUT2D eigenvalue weighted by Crippen LogP contribution is -2.31. The standard InChI is InChI=1S/C11H15N3O4/c1-3-6-13(7-10(15)16)11-9(14(17)18)5-4-8(2)12-11/h4-5H,3,6-7H2,1-2H3,(H,15,16). The number of carboxylic acids is 1. The smallest absolute Gasteiger partial charge is 0.323 e. The highest BCUT2D eigenvalue weighted by atomic mass is 16.6. The zero-order chi connectivity index (χ0) is 13.7. The van der Waals surface area contributed by atoms with E-state index in [4.69, 9.17) is 5.11 Å². The summed E-state index contributed by atoms with van der Waals surface area (Å²) >= 11 is 0. The third-order valence-corrected chi connectivity index (χ3v) is 2.31. The van der Waals surface area contributed by atoms with Crippen LogP contribution in [0.1, 0.15) is 19.0 Å². The van der Waals surface area contributed by atoms with Crippen molar-refractivity contribution >= 4 is 17.5 Å². The van der Waals surface area contributed by atoms with E-state index < -0.39 is 10.9 Å². The first-order valence-electron chi connectivity index (χ1n) is 5.54. The van der Waals surface area contributed by atoms with E-state index in [0.717, 1.165) is 0 Å². The molecule has 0 aliphatic heterocycles. The molecule has 0 unspecified atom stereocenters. The fourth-order valence-corrected chi connectivity index (χ4v) is 1.60. The van der Waals surface area contributed by atoms with E-state index in [1.54, 1.807) is 6.92 Å². The van der Waals surface area contributed by atoms with Crippen molar-refractivity contribution in [2.75, 3.05) is 18.0 Å². The average Bonchev–Trinajstić information content (AvgIpc) is 2.27. The van der Waals surface area contributed by atoms with Crippen LogP contribution in [0.3, 0.4) is 0 Å². The van der Waals surface area contributed by atoms with Crippen molar-refractivity contribution in [2.45, 2.75) is 20.3 Å². The SMILES string of the molecule is CCCN(CC(=O)O)c1nc(C)ccc1[N+](=O)[O-]. The minimum atomic E-state index is -1.04. The van der Waals surface area contributed by atoms with Gasteiger partial charge in [0.2, 0.25) is 5.82 Å². The number of hydrogen-bond acceptors (Lipinski definition) is 5. The van der Waals surface area contributed by atoms with Crippen molar-refractivity contribution in [2.24, 2.45) is 0 Å². The number of nitro groups is 1. The van der Waals surface area contributed by atoms with Crippen molar-refractivity contribution in [1.82, 2.24) is 4.98 Å². The van der Waals surface area contributed by atoms with E-state index in [2.05, 4.69) is 4.98 Å². The zero-order valence-corrected chi connectivity index (χ0v) is 10.3. The van der Waals surface area contributed by atoms with Crippen LogP contribution in [0.2, 0.25) is 0 Å². The number of carboxylic acid groups (broad SMARTS) is 1. The molecule has 0 aliphatic rings. The Bertz CT molecular complexity index is 462. The van der Waals surface area contributed by atoms with Crippen molar-refractivity contribution in [3.63, 3.8) is 0 Å². The van der Waals surface area contributed by atoms with Crippen LogP contribution in [0.4, 0.5) is 11.5 Å². The molecule has 0 aromatic carbocycles. The van der Waals surface area contributed by atoms with Gasteiger partial charge in [0.1, 0.15) is 6.54 Å². The molecule has 0 spiro atoms. The van der Waals surface area contributed by atoms with Gasteiger partial charge >= 0.3 is 11.7 Å². The van der Waals surface area contributed by atoms with E-state index in [1.807, 2.05) is 6.92 Å². The van der Waals surface area contributed by atoms with Crippen LogP contribution < -0.4 is 4.90 Å². The predicted molar refractivity (Wildman–Crippen MR) is 65.8 cm³/mol. The third kappa shape index (κ3) is 3.41. The summed E-state index contributed by atoms with van der Waals surface area (Å²) in [4.78, 5) is 26.7. The first-order valence-corrected chi connectivity index (χ1v) is 5.54. The lowest BCUT2D eigenvalue weighted by molar-refractivity contribution is -0.384. The van der Waals surface area contributed by atoms with Gasteiger partial charge in [-0.25, -0.2) is 4.98 Å². The molecule has 0 bridgehead atoms. The van der Waals surface area contributed by atoms with Crippen LogP contribution in [0.15, 0.2) is 12.1 Å². The molecule has 7 nitrogen and oxygen atoms in total. The molecule has 18 heavy (non-hydrogen) atoms. The van der Waals surface area contributed by atoms with Gasteiger partial charge in [0.05, 0.1) is 4.92 Å². The summed E-state index contributed by atoms with van der Waals surface area (Å²) < 4.78 is 0. The number of hydrogen-bond donors (Lipinski definition) is 1. The van der Waals surface area contributed by atoms with Gasteiger partial charge in [-0.1, -0.05) is 6.92 Å². The Morgan fingerprint density at radius 1 is 1.56 bits per heavy atom. The summed E-state index contributed by atoms with van der Waals surface area (Å²) in [7, 11) is 0. The first-order chi connectivity index (χ1) is 8.45. The number of aryl methyl sites for hydroxylation is 1.